The van der Waals surface area contributed by atoms with Crippen molar-refractivity contribution in [3.05, 3.63) is 18.3 Å². The van der Waals surface area contributed by atoms with Gasteiger partial charge in [-0.1, -0.05) is 0 Å². The number of hydrogen-bond donors (Lipinski definition) is 1. The van der Waals surface area contributed by atoms with E-state index in [1.807, 2.05) is 0 Å². The molecule has 1 aliphatic heterocycles. The number of carbonyl (C=O) groups excluding carboxylic acids is 2. The van der Waals surface area contributed by atoms with Crippen LogP contribution >= 0.6 is 21.7 Å². The highest BCUT2D eigenvalue weighted by molar-refractivity contribution is 8.21. The van der Waals surface area contributed by atoms with Crippen LogP contribution in [-0.2, 0) is 9.59 Å². The zero-order chi connectivity index (χ0) is 12.3. The van der Waals surface area contributed by atoms with Gasteiger partial charge in [0.15, 0.2) is 6.10 Å². The fraction of sp³-hybridized carbons (Fsp3) is 0.300. The van der Waals surface area contributed by atoms with Crippen LogP contribution < -0.4 is 10.1 Å². The summed E-state index contributed by atoms with van der Waals surface area (Å²) in [6.45, 7) is 0. The van der Waals surface area contributed by atoms with Crippen LogP contribution in [0.4, 0.5) is 0 Å². The Bertz CT molecular complexity index is 438. The molecule has 1 aromatic heterocycles. The molecular formula is C10H9ClN2O3S. The molecule has 2 heterocycles. The predicted molar refractivity (Wildman–Crippen MR) is 62.7 cm³/mol. The third-order valence-electron chi connectivity index (χ3n) is 2.25. The van der Waals surface area contributed by atoms with Gasteiger partial charge in [0, 0.05) is 30.0 Å². The molecule has 1 N–H and O–H groups in total. The summed E-state index contributed by atoms with van der Waals surface area (Å²) in [7, 11) is 6.60. The molecule has 17 heavy (non-hydrogen) atoms. The minimum Gasteiger partial charge on any atom is -0.464 e. The quantitative estimate of drug-likeness (QED) is 0.845. The highest BCUT2D eigenvalue weighted by Gasteiger charge is 2.28. The highest BCUT2D eigenvalue weighted by atomic mass is 35.7. The van der Waals surface area contributed by atoms with Crippen LogP contribution in [0.1, 0.15) is 12.8 Å². The van der Waals surface area contributed by atoms with Gasteiger partial charge in [-0.05, 0) is 27.7 Å². The van der Waals surface area contributed by atoms with E-state index in [9.17, 15) is 9.59 Å². The monoisotopic (exact) mass is 272 g/mol. The maximum atomic E-state index is 11.4. The molecule has 2 amide bonds. The van der Waals surface area contributed by atoms with Gasteiger partial charge in [-0.25, -0.2) is 4.98 Å². The molecule has 0 radical (unpaired) electrons. The Labute approximate surface area is 106 Å². The first-order valence-corrected chi connectivity index (χ1v) is 6.58. The third kappa shape index (κ3) is 3.10. The van der Waals surface area contributed by atoms with Crippen molar-refractivity contribution in [3.8, 4) is 5.88 Å². The van der Waals surface area contributed by atoms with Gasteiger partial charge in [0.1, 0.15) is 0 Å². The first-order chi connectivity index (χ1) is 8.19. The van der Waals surface area contributed by atoms with E-state index < -0.39 is 12.0 Å². The Morgan fingerprint density at radius 3 is 2.88 bits per heavy atom. The van der Waals surface area contributed by atoms with E-state index in [1.54, 1.807) is 18.3 Å². The molecule has 90 valence electrons. The molecule has 1 saturated heterocycles. The minimum atomic E-state index is -0.658. The third-order valence-corrected chi connectivity index (χ3v) is 3.20. The lowest BCUT2D eigenvalue weighted by atomic mass is 10.1. The summed E-state index contributed by atoms with van der Waals surface area (Å²) >= 11 is 0. The number of amides is 2. The van der Waals surface area contributed by atoms with Gasteiger partial charge in [-0.2, -0.15) is 0 Å². The molecule has 1 aromatic rings. The number of aromatic nitrogens is 1. The van der Waals surface area contributed by atoms with Crippen molar-refractivity contribution in [1.82, 2.24) is 10.3 Å². The van der Waals surface area contributed by atoms with Crippen LogP contribution in [-0.4, -0.2) is 22.9 Å². The van der Waals surface area contributed by atoms with Crippen molar-refractivity contribution in [2.24, 2.45) is 0 Å². The zero-order valence-electron chi connectivity index (χ0n) is 8.68. The van der Waals surface area contributed by atoms with Gasteiger partial charge >= 0.3 is 0 Å². The second kappa shape index (κ2) is 5.37. The van der Waals surface area contributed by atoms with Crippen LogP contribution in [0.15, 0.2) is 23.2 Å². The fourth-order valence-electron chi connectivity index (χ4n) is 1.41. The molecule has 1 unspecified atom stereocenters. The van der Waals surface area contributed by atoms with Gasteiger partial charge in [0.05, 0.1) is 0 Å². The number of hydrogen-bond acceptors (Lipinski definition) is 5. The van der Waals surface area contributed by atoms with Crippen molar-refractivity contribution >= 4 is 33.5 Å². The van der Waals surface area contributed by atoms with Gasteiger partial charge < -0.3 is 4.74 Å². The average Bonchev–Trinajstić information content (AvgIpc) is 2.34. The molecule has 0 aromatic carbocycles. The van der Waals surface area contributed by atoms with E-state index in [0.29, 0.717) is 12.3 Å². The molecule has 1 fully saturated rings. The normalized spacial score (nSPS) is 19.9. The lowest BCUT2D eigenvalue weighted by Crippen LogP contribution is -2.46. The van der Waals surface area contributed by atoms with Crippen molar-refractivity contribution in [3.63, 3.8) is 0 Å². The molecule has 1 aliphatic rings. The number of nitrogens with zero attached hydrogens (tertiary/aromatic N) is 1. The van der Waals surface area contributed by atoms with Crippen LogP contribution in [0, 0.1) is 0 Å². The smallest absolute Gasteiger partial charge is 0.267 e. The number of halogens is 1. The first kappa shape index (κ1) is 12.2. The van der Waals surface area contributed by atoms with E-state index in [1.165, 1.54) is 0 Å². The lowest BCUT2D eigenvalue weighted by molar-refractivity contribution is -0.139. The molecule has 0 saturated carbocycles. The molecule has 7 heteroatoms. The largest absolute Gasteiger partial charge is 0.464 e. The number of carbonyl (C=O) groups is 2. The number of imide groups is 1. The Morgan fingerprint density at radius 1 is 1.47 bits per heavy atom. The number of pyridine rings is 1. The Morgan fingerprint density at radius 2 is 2.29 bits per heavy atom. The van der Waals surface area contributed by atoms with Gasteiger partial charge in [-0.3, -0.25) is 14.9 Å². The maximum Gasteiger partial charge on any atom is 0.267 e. The molecule has 2 rings (SSSR count). The van der Waals surface area contributed by atoms with E-state index in [0.717, 1.165) is 15.9 Å². The van der Waals surface area contributed by atoms with E-state index in [-0.39, 0.29) is 12.3 Å². The van der Waals surface area contributed by atoms with Crippen LogP contribution in [0.25, 0.3) is 0 Å². The molecule has 0 bridgehead atoms. The highest BCUT2D eigenvalue weighted by Crippen LogP contribution is 2.23. The number of nitrogens with one attached hydrogen (secondary N) is 1. The van der Waals surface area contributed by atoms with E-state index in [4.69, 9.17) is 15.4 Å². The predicted octanol–water partition coefficient (Wildman–Crippen LogP) is 1.51. The van der Waals surface area contributed by atoms with E-state index >= 15 is 0 Å². The Balaban J connectivity index is 2.00. The molecule has 1 atom stereocenters. The van der Waals surface area contributed by atoms with E-state index in [2.05, 4.69) is 10.3 Å². The van der Waals surface area contributed by atoms with Gasteiger partial charge in [0.25, 0.3) is 5.91 Å². The molecule has 0 spiro atoms. The van der Waals surface area contributed by atoms with Crippen molar-refractivity contribution < 1.29 is 14.3 Å². The average molecular weight is 273 g/mol. The summed E-state index contributed by atoms with van der Waals surface area (Å²) in [6, 6.07) is 3.38. The van der Waals surface area contributed by atoms with Crippen molar-refractivity contribution in [2.75, 3.05) is 0 Å². The zero-order valence-corrected chi connectivity index (χ0v) is 10.3. The second-order valence-corrected chi connectivity index (χ2v) is 4.56. The first-order valence-electron chi connectivity index (χ1n) is 4.94. The van der Waals surface area contributed by atoms with Crippen LogP contribution in [0.2, 0.25) is 0 Å². The van der Waals surface area contributed by atoms with Crippen molar-refractivity contribution in [1.29, 1.82) is 0 Å². The second-order valence-electron chi connectivity index (χ2n) is 3.47. The minimum absolute atomic E-state index is 0.267. The summed E-state index contributed by atoms with van der Waals surface area (Å²) < 4.78 is 5.39. The number of ether oxygens (including phenoxy) is 1. The molecular weight excluding hydrogens is 264 g/mol. The van der Waals surface area contributed by atoms with Gasteiger partial charge in [-0.15, -0.1) is 0 Å². The van der Waals surface area contributed by atoms with Gasteiger partial charge in [0.2, 0.25) is 11.8 Å². The van der Waals surface area contributed by atoms with Crippen LogP contribution in [0.5, 0.6) is 5.88 Å². The Hall–Kier alpha value is -1.27. The summed E-state index contributed by atoms with van der Waals surface area (Å²) in [6.07, 6.45) is 1.55. The summed E-state index contributed by atoms with van der Waals surface area (Å²) in [5.41, 5.74) is 0. The number of rotatable bonds is 3. The molecule has 5 nitrogen and oxygen atoms in total. The molecule has 0 aliphatic carbocycles. The standard InChI is InChI=1S/C10H9ClN2O3S/c11-17-6-1-4-9(12-5-6)16-7-2-3-8(14)13-10(7)15/h1,4-5,7H,2-3H2,(H,13,14,15). The summed E-state index contributed by atoms with van der Waals surface area (Å²) in [5.74, 6) is -0.343. The van der Waals surface area contributed by atoms with Crippen LogP contribution in [0.3, 0.4) is 0 Å². The lowest BCUT2D eigenvalue weighted by Gasteiger charge is -2.21. The topological polar surface area (TPSA) is 68.3 Å². The summed E-state index contributed by atoms with van der Waals surface area (Å²) in [4.78, 5) is 27.2. The summed E-state index contributed by atoms with van der Waals surface area (Å²) in [5, 5.41) is 2.22. The van der Waals surface area contributed by atoms with Crippen molar-refractivity contribution in [2.45, 2.75) is 23.8 Å². The fourth-order valence-corrected chi connectivity index (χ4v) is 1.90. The Kier molecular flexibility index (Phi) is 3.86. The number of piperidine rings is 1. The SMILES string of the molecule is O=C1CCC(Oc2ccc(SCl)cn2)C(=O)N1. The maximum absolute atomic E-state index is 11.4.